The molecule has 0 atom stereocenters. The second-order valence-corrected chi connectivity index (χ2v) is 4.84. The van der Waals surface area contributed by atoms with Gasteiger partial charge < -0.3 is 20.1 Å². The van der Waals surface area contributed by atoms with E-state index in [0.29, 0.717) is 17.2 Å². The van der Waals surface area contributed by atoms with Gasteiger partial charge in [-0.1, -0.05) is 0 Å². The third-order valence-corrected chi connectivity index (χ3v) is 3.15. The minimum atomic E-state index is -0.464. The Hall–Kier alpha value is -3.09. The summed E-state index contributed by atoms with van der Waals surface area (Å²) in [5.41, 5.74) is 0.750. The van der Waals surface area contributed by atoms with Gasteiger partial charge in [0.2, 0.25) is 5.91 Å². The van der Waals surface area contributed by atoms with Crippen LogP contribution < -0.4 is 20.1 Å². The molecule has 6 nitrogen and oxygen atoms in total. The molecule has 0 heterocycles. The van der Waals surface area contributed by atoms with Crippen molar-refractivity contribution in [2.45, 2.75) is 0 Å². The average molecular weight is 332 g/mol. The van der Waals surface area contributed by atoms with Crippen molar-refractivity contribution in [3.8, 4) is 11.5 Å². The molecule has 2 rings (SSSR count). The topological polar surface area (TPSA) is 76.7 Å². The molecule has 0 saturated heterocycles. The lowest BCUT2D eigenvalue weighted by Crippen LogP contribution is -2.32. The molecule has 0 saturated carbocycles. The largest absolute Gasteiger partial charge is 0.497 e. The Morgan fingerprint density at radius 2 is 1.58 bits per heavy atom. The normalized spacial score (nSPS) is 9.96. The smallest absolute Gasteiger partial charge is 0.251 e. The Morgan fingerprint density at radius 1 is 1.00 bits per heavy atom. The number of amides is 2. The summed E-state index contributed by atoms with van der Waals surface area (Å²) < 4.78 is 23.0. The van der Waals surface area contributed by atoms with Gasteiger partial charge in [-0.25, -0.2) is 4.39 Å². The van der Waals surface area contributed by atoms with Gasteiger partial charge in [-0.15, -0.1) is 0 Å². The molecule has 0 aromatic heterocycles. The van der Waals surface area contributed by atoms with Crippen LogP contribution in [0.15, 0.2) is 42.5 Å². The monoisotopic (exact) mass is 332 g/mol. The molecule has 0 fully saturated rings. The zero-order valence-electron chi connectivity index (χ0n) is 13.3. The van der Waals surface area contributed by atoms with E-state index in [1.54, 1.807) is 18.2 Å². The number of benzene rings is 2. The van der Waals surface area contributed by atoms with E-state index in [4.69, 9.17) is 9.47 Å². The van der Waals surface area contributed by atoms with Crippen LogP contribution in [0.25, 0.3) is 0 Å². The second kappa shape index (κ2) is 7.96. The lowest BCUT2D eigenvalue weighted by atomic mass is 10.2. The molecule has 2 N–H and O–H groups in total. The molecule has 24 heavy (non-hydrogen) atoms. The van der Waals surface area contributed by atoms with Crippen LogP contribution in [0.3, 0.4) is 0 Å². The highest BCUT2D eigenvalue weighted by atomic mass is 19.1. The number of methoxy groups -OCH3 is 2. The summed E-state index contributed by atoms with van der Waals surface area (Å²) in [5.74, 6) is -0.259. The fourth-order valence-corrected chi connectivity index (χ4v) is 1.95. The molecule has 0 radical (unpaired) electrons. The number of hydrogen-bond donors (Lipinski definition) is 2. The molecule has 0 unspecified atom stereocenters. The Morgan fingerprint density at radius 3 is 2.12 bits per heavy atom. The molecule has 7 heteroatoms. The van der Waals surface area contributed by atoms with Crippen LogP contribution >= 0.6 is 0 Å². The molecular formula is C17H17FN2O4. The first-order chi connectivity index (χ1) is 11.5. The van der Waals surface area contributed by atoms with Crippen molar-refractivity contribution < 1.29 is 23.5 Å². The molecule has 0 spiro atoms. The van der Waals surface area contributed by atoms with Gasteiger partial charge in [0.25, 0.3) is 5.91 Å². The van der Waals surface area contributed by atoms with Crippen LogP contribution in [0, 0.1) is 5.82 Å². The number of hydrogen-bond acceptors (Lipinski definition) is 4. The lowest BCUT2D eigenvalue weighted by Gasteiger charge is -2.10. The zero-order valence-corrected chi connectivity index (χ0v) is 13.3. The van der Waals surface area contributed by atoms with Gasteiger partial charge in [0.05, 0.1) is 20.8 Å². The maximum Gasteiger partial charge on any atom is 0.251 e. The van der Waals surface area contributed by atoms with Crippen LogP contribution in [0.5, 0.6) is 11.5 Å². The molecule has 0 bridgehead atoms. The van der Waals surface area contributed by atoms with Crippen LogP contribution in [-0.2, 0) is 4.79 Å². The summed E-state index contributed by atoms with van der Waals surface area (Å²) in [5, 5.41) is 5.09. The number of nitrogens with one attached hydrogen (secondary N) is 2. The van der Waals surface area contributed by atoms with Crippen LogP contribution in [0.4, 0.5) is 10.1 Å². The first-order valence-corrected chi connectivity index (χ1v) is 7.08. The molecule has 2 amide bonds. The number of carbonyl (C=O) groups is 2. The van der Waals surface area contributed by atoms with Crippen molar-refractivity contribution in [2.24, 2.45) is 0 Å². The van der Waals surface area contributed by atoms with Gasteiger partial charge >= 0.3 is 0 Å². The number of halogens is 1. The summed E-state index contributed by atoms with van der Waals surface area (Å²) in [4.78, 5) is 23.8. The van der Waals surface area contributed by atoms with Gasteiger partial charge in [-0.05, 0) is 24.3 Å². The third kappa shape index (κ3) is 4.70. The number of carbonyl (C=O) groups excluding carboxylic acids is 2. The second-order valence-electron chi connectivity index (χ2n) is 4.84. The molecule has 0 aliphatic heterocycles. The van der Waals surface area contributed by atoms with Crippen molar-refractivity contribution in [3.05, 3.63) is 53.8 Å². The molecule has 126 valence electrons. The van der Waals surface area contributed by atoms with E-state index >= 15 is 0 Å². The van der Waals surface area contributed by atoms with Crippen molar-refractivity contribution in [1.29, 1.82) is 0 Å². The van der Waals surface area contributed by atoms with Gasteiger partial charge in [0.1, 0.15) is 17.3 Å². The van der Waals surface area contributed by atoms with E-state index in [-0.39, 0.29) is 12.1 Å². The highest BCUT2D eigenvalue weighted by Gasteiger charge is 2.10. The number of rotatable bonds is 6. The summed E-state index contributed by atoms with van der Waals surface area (Å²) in [7, 11) is 3.01. The zero-order chi connectivity index (χ0) is 17.5. The van der Waals surface area contributed by atoms with Crippen LogP contribution in [0.1, 0.15) is 10.4 Å². The Kier molecular flexibility index (Phi) is 5.73. The molecule has 2 aromatic carbocycles. The SMILES string of the molecule is COc1cc(NC(=O)CNC(=O)c2ccc(F)cc2)cc(OC)c1. The highest BCUT2D eigenvalue weighted by Crippen LogP contribution is 2.25. The van der Waals surface area contributed by atoms with Crippen molar-refractivity contribution in [2.75, 3.05) is 26.1 Å². The Balaban J connectivity index is 1.93. The van der Waals surface area contributed by atoms with Crippen molar-refractivity contribution in [1.82, 2.24) is 5.32 Å². The van der Waals surface area contributed by atoms with Gasteiger partial charge in [-0.2, -0.15) is 0 Å². The van der Waals surface area contributed by atoms with Crippen LogP contribution in [0.2, 0.25) is 0 Å². The maximum atomic E-state index is 12.8. The summed E-state index contributed by atoms with van der Waals surface area (Å²) >= 11 is 0. The summed E-state index contributed by atoms with van der Waals surface area (Å²) in [6, 6.07) is 9.97. The van der Waals surface area contributed by atoms with E-state index in [1.165, 1.54) is 38.5 Å². The van der Waals surface area contributed by atoms with E-state index in [2.05, 4.69) is 10.6 Å². The number of ether oxygens (including phenoxy) is 2. The van der Waals surface area contributed by atoms with E-state index in [0.717, 1.165) is 0 Å². The minimum Gasteiger partial charge on any atom is -0.497 e. The van der Waals surface area contributed by atoms with Gasteiger partial charge in [0, 0.05) is 29.4 Å². The van der Waals surface area contributed by atoms with Crippen LogP contribution in [-0.4, -0.2) is 32.6 Å². The Labute approximate surface area is 138 Å². The van der Waals surface area contributed by atoms with Gasteiger partial charge in [0.15, 0.2) is 0 Å². The molecular weight excluding hydrogens is 315 g/mol. The first kappa shape index (κ1) is 17.3. The maximum absolute atomic E-state index is 12.8. The quantitative estimate of drug-likeness (QED) is 0.850. The highest BCUT2D eigenvalue weighted by molar-refractivity contribution is 5.99. The molecule has 0 aliphatic carbocycles. The predicted molar refractivity (Wildman–Crippen MR) is 86.9 cm³/mol. The lowest BCUT2D eigenvalue weighted by molar-refractivity contribution is -0.115. The van der Waals surface area contributed by atoms with E-state index < -0.39 is 17.6 Å². The third-order valence-electron chi connectivity index (χ3n) is 3.15. The fraction of sp³-hybridized carbons (Fsp3) is 0.176. The molecule has 2 aromatic rings. The van der Waals surface area contributed by atoms with Crippen molar-refractivity contribution >= 4 is 17.5 Å². The minimum absolute atomic E-state index is 0.226. The van der Waals surface area contributed by atoms with Gasteiger partial charge in [-0.3, -0.25) is 9.59 Å². The summed E-state index contributed by atoms with van der Waals surface area (Å²) in [6.45, 7) is -0.226. The van der Waals surface area contributed by atoms with E-state index in [9.17, 15) is 14.0 Å². The summed E-state index contributed by atoms with van der Waals surface area (Å²) in [6.07, 6.45) is 0. The standard InChI is InChI=1S/C17H17FN2O4/c1-23-14-7-13(8-15(9-14)24-2)20-16(21)10-19-17(22)11-3-5-12(18)6-4-11/h3-9H,10H2,1-2H3,(H,19,22)(H,20,21). The van der Waals surface area contributed by atoms with E-state index in [1.807, 2.05) is 0 Å². The first-order valence-electron chi connectivity index (χ1n) is 7.08. The fourth-order valence-electron chi connectivity index (χ4n) is 1.95. The molecule has 0 aliphatic rings. The van der Waals surface area contributed by atoms with Crippen molar-refractivity contribution in [3.63, 3.8) is 0 Å². The Bertz CT molecular complexity index is 710. The number of anilines is 1. The average Bonchev–Trinajstić information content (AvgIpc) is 2.59. The predicted octanol–water partition coefficient (Wildman–Crippen LogP) is 2.21.